The zero-order valence-corrected chi connectivity index (χ0v) is 14.5. The van der Waals surface area contributed by atoms with Crippen molar-refractivity contribution in [3.05, 3.63) is 28.0 Å². The molecule has 0 N–H and O–H groups in total. The Labute approximate surface area is 132 Å². The van der Waals surface area contributed by atoms with Crippen LogP contribution in [0.1, 0.15) is 37.2 Å². The molecule has 0 aliphatic rings. The van der Waals surface area contributed by atoms with E-state index in [9.17, 15) is 0 Å². The highest BCUT2D eigenvalue weighted by molar-refractivity contribution is 7.20. The van der Waals surface area contributed by atoms with Gasteiger partial charge in [0.25, 0.3) is 0 Å². The van der Waals surface area contributed by atoms with Crippen LogP contribution in [-0.4, -0.2) is 26.6 Å². The molecule has 3 rings (SSSR count). The second kappa shape index (κ2) is 5.06. The van der Waals surface area contributed by atoms with E-state index in [1.807, 2.05) is 24.7 Å². The van der Waals surface area contributed by atoms with E-state index in [2.05, 4.69) is 46.1 Å². The minimum Gasteiger partial charge on any atom is -0.344 e. The maximum atomic E-state index is 4.68. The number of aryl methyl sites for hydroxylation is 1. The van der Waals surface area contributed by atoms with Gasteiger partial charge >= 0.3 is 0 Å². The van der Waals surface area contributed by atoms with Crippen molar-refractivity contribution in [3.63, 3.8) is 0 Å². The summed E-state index contributed by atoms with van der Waals surface area (Å²) in [6.07, 6.45) is 2.02. The highest BCUT2D eigenvalue weighted by Crippen LogP contribution is 2.27. The summed E-state index contributed by atoms with van der Waals surface area (Å²) in [5, 5.41) is 8.78. The van der Waals surface area contributed by atoms with Crippen LogP contribution in [0.3, 0.4) is 0 Å². The van der Waals surface area contributed by atoms with E-state index in [4.69, 9.17) is 0 Å². The van der Waals surface area contributed by atoms with E-state index in [1.165, 1.54) is 0 Å². The third-order valence-corrected chi connectivity index (χ3v) is 5.05. The van der Waals surface area contributed by atoms with E-state index in [0.29, 0.717) is 0 Å². The van der Waals surface area contributed by atoms with Crippen LogP contribution in [0.5, 0.6) is 0 Å². The second-order valence-electron chi connectivity index (χ2n) is 6.20. The van der Waals surface area contributed by atoms with Crippen LogP contribution in [0.2, 0.25) is 0 Å². The molecule has 0 amide bonds. The van der Waals surface area contributed by atoms with Gasteiger partial charge in [0.05, 0.1) is 29.1 Å². The molecule has 0 saturated heterocycles. The molecule has 0 unspecified atom stereocenters. The Morgan fingerprint density at radius 2 is 2.05 bits per heavy atom. The van der Waals surface area contributed by atoms with Crippen molar-refractivity contribution >= 4 is 32.8 Å². The number of thiazole rings is 1. The molecule has 0 aromatic carbocycles. The molecule has 3 aromatic rings. The van der Waals surface area contributed by atoms with Gasteiger partial charge in [-0.2, -0.15) is 0 Å². The highest BCUT2D eigenvalue weighted by atomic mass is 32.1. The summed E-state index contributed by atoms with van der Waals surface area (Å²) in [5.74, 6) is 0. The largest absolute Gasteiger partial charge is 0.344 e. The van der Waals surface area contributed by atoms with Crippen molar-refractivity contribution in [2.24, 2.45) is 0 Å². The van der Waals surface area contributed by atoms with Crippen LogP contribution in [0.25, 0.3) is 4.96 Å². The summed E-state index contributed by atoms with van der Waals surface area (Å²) in [6.45, 7) is 9.29. The van der Waals surface area contributed by atoms with Crippen LogP contribution < -0.4 is 4.90 Å². The molecular weight excluding hydrogens is 302 g/mol. The number of hydrogen-bond acceptors (Lipinski definition) is 6. The van der Waals surface area contributed by atoms with Crippen molar-refractivity contribution in [1.82, 2.24) is 19.6 Å². The van der Waals surface area contributed by atoms with Gasteiger partial charge in [-0.25, -0.2) is 14.5 Å². The Hall–Kier alpha value is -1.47. The maximum Gasteiger partial charge on any atom is 0.214 e. The Balaban J connectivity index is 1.82. The molecule has 3 heterocycles. The fraction of sp³-hybridized carbons (Fsp3) is 0.500. The minimum absolute atomic E-state index is 0.0532. The summed E-state index contributed by atoms with van der Waals surface area (Å²) in [5.41, 5.74) is 2.21. The van der Waals surface area contributed by atoms with Crippen LogP contribution in [0.15, 0.2) is 11.6 Å². The van der Waals surface area contributed by atoms with Gasteiger partial charge < -0.3 is 4.90 Å². The molecule has 3 aromatic heterocycles. The number of aromatic nitrogens is 4. The molecule has 7 heteroatoms. The lowest BCUT2D eigenvalue weighted by molar-refractivity contribution is 0.572. The van der Waals surface area contributed by atoms with E-state index < -0.39 is 0 Å². The molecule has 112 valence electrons. The molecule has 0 aliphatic heterocycles. The molecule has 0 radical (unpaired) electrons. The standard InChI is InChI=1S/C14H19N5S2/c1-9-15-10(8-20-9)6-18(5)13-17-19-7-11(14(2,3)4)16-12(19)21-13/h7-8H,6H2,1-5H3. The lowest BCUT2D eigenvalue weighted by atomic mass is 9.93. The number of nitrogens with zero attached hydrogens (tertiary/aromatic N) is 5. The van der Waals surface area contributed by atoms with Gasteiger partial charge in [0.1, 0.15) is 0 Å². The molecule has 5 nitrogen and oxygen atoms in total. The molecule has 21 heavy (non-hydrogen) atoms. The number of fused-ring (bicyclic) bond motifs is 1. The van der Waals surface area contributed by atoms with Crippen molar-refractivity contribution < 1.29 is 0 Å². The Kier molecular flexibility index (Phi) is 3.49. The van der Waals surface area contributed by atoms with Crippen LogP contribution in [-0.2, 0) is 12.0 Å². The predicted molar refractivity (Wildman–Crippen MR) is 88.5 cm³/mol. The molecule has 0 aliphatic carbocycles. The van der Waals surface area contributed by atoms with Crippen LogP contribution in [0, 0.1) is 6.92 Å². The van der Waals surface area contributed by atoms with E-state index >= 15 is 0 Å². The number of imidazole rings is 1. The fourth-order valence-corrected chi connectivity index (χ4v) is 3.44. The molecule has 0 fully saturated rings. The van der Waals surface area contributed by atoms with Crippen molar-refractivity contribution in [2.45, 2.75) is 39.7 Å². The first-order valence-corrected chi connectivity index (χ1v) is 8.51. The van der Waals surface area contributed by atoms with Crippen LogP contribution in [0.4, 0.5) is 5.13 Å². The number of hydrogen-bond donors (Lipinski definition) is 0. The van der Waals surface area contributed by atoms with Gasteiger partial charge in [0, 0.05) is 17.8 Å². The first-order chi connectivity index (χ1) is 9.83. The predicted octanol–water partition coefficient (Wildman–Crippen LogP) is 3.49. The van der Waals surface area contributed by atoms with Crippen molar-refractivity contribution in [1.29, 1.82) is 0 Å². The smallest absolute Gasteiger partial charge is 0.214 e. The second-order valence-corrected chi connectivity index (χ2v) is 8.20. The Morgan fingerprint density at radius 3 is 2.62 bits per heavy atom. The Morgan fingerprint density at radius 1 is 1.29 bits per heavy atom. The summed E-state index contributed by atoms with van der Waals surface area (Å²) in [6, 6.07) is 0. The van der Waals surface area contributed by atoms with E-state index in [1.54, 1.807) is 22.7 Å². The lowest BCUT2D eigenvalue weighted by Crippen LogP contribution is -2.16. The van der Waals surface area contributed by atoms with Gasteiger partial charge in [-0.1, -0.05) is 32.1 Å². The molecular formula is C14H19N5S2. The molecule has 0 saturated carbocycles. The topological polar surface area (TPSA) is 46.3 Å². The third kappa shape index (κ3) is 2.94. The van der Waals surface area contributed by atoms with Gasteiger partial charge in [0.2, 0.25) is 10.1 Å². The number of rotatable bonds is 3. The average molecular weight is 321 g/mol. The fourth-order valence-electron chi connectivity index (χ4n) is 2.00. The maximum absolute atomic E-state index is 4.68. The normalized spacial score (nSPS) is 12.2. The minimum atomic E-state index is 0.0532. The van der Waals surface area contributed by atoms with Crippen LogP contribution >= 0.6 is 22.7 Å². The zero-order chi connectivity index (χ0) is 15.2. The summed E-state index contributed by atoms with van der Waals surface area (Å²) in [7, 11) is 2.04. The van der Waals surface area contributed by atoms with Gasteiger partial charge in [-0.3, -0.25) is 0 Å². The lowest BCUT2D eigenvalue weighted by Gasteiger charge is -2.14. The van der Waals surface area contributed by atoms with Gasteiger partial charge in [-0.05, 0) is 6.92 Å². The molecule has 0 bridgehead atoms. The van der Waals surface area contributed by atoms with E-state index in [0.717, 1.165) is 33.0 Å². The first kappa shape index (κ1) is 14.5. The van der Waals surface area contributed by atoms with Gasteiger partial charge in [0.15, 0.2) is 0 Å². The quantitative estimate of drug-likeness (QED) is 0.741. The first-order valence-electron chi connectivity index (χ1n) is 6.82. The summed E-state index contributed by atoms with van der Waals surface area (Å²) in [4.78, 5) is 12.2. The van der Waals surface area contributed by atoms with Gasteiger partial charge in [-0.15, -0.1) is 16.4 Å². The number of anilines is 1. The SMILES string of the molecule is Cc1nc(CN(C)c2nn3cc(C(C)(C)C)nc3s2)cs1. The molecule has 0 atom stereocenters. The van der Waals surface area contributed by atoms with E-state index in [-0.39, 0.29) is 5.41 Å². The van der Waals surface area contributed by atoms with Crippen molar-refractivity contribution in [3.8, 4) is 0 Å². The summed E-state index contributed by atoms with van der Waals surface area (Å²) >= 11 is 3.29. The average Bonchev–Trinajstić information content (AvgIpc) is 3.01. The highest BCUT2D eigenvalue weighted by Gasteiger charge is 2.20. The summed E-state index contributed by atoms with van der Waals surface area (Å²) < 4.78 is 1.88. The Bertz CT molecular complexity index is 730. The van der Waals surface area contributed by atoms with Crippen molar-refractivity contribution in [2.75, 3.05) is 11.9 Å². The zero-order valence-electron chi connectivity index (χ0n) is 12.9. The third-order valence-electron chi connectivity index (χ3n) is 3.19. The molecule has 0 spiro atoms. The monoisotopic (exact) mass is 321 g/mol.